The Kier molecular flexibility index (Phi) is 3.88. The molecule has 4 heteroatoms. The number of pyridine rings is 1. The summed E-state index contributed by atoms with van der Waals surface area (Å²) in [5.74, 6) is 0.872. The molecular weight excluding hydrogens is 373 g/mol. The zero-order chi connectivity index (χ0) is 14.8. The molecule has 0 N–H and O–H groups in total. The number of hydrogen-bond acceptors (Lipinski definition) is 2. The fourth-order valence-corrected chi connectivity index (χ4v) is 2.72. The average molecular weight is 387 g/mol. The number of hydrogen-bond donors (Lipinski definition) is 0. The van der Waals surface area contributed by atoms with Gasteiger partial charge in [0, 0.05) is 27.6 Å². The minimum absolute atomic E-state index is 0.872. The third-order valence-corrected chi connectivity index (χ3v) is 3.95. The maximum absolute atomic E-state index is 4.55. The van der Waals surface area contributed by atoms with Crippen LogP contribution in [-0.2, 0) is 0 Å². The fourth-order valence-electron chi connectivity index (χ4n) is 2.21. The molecule has 0 aliphatic carbocycles. The fraction of sp³-hybridized carbons (Fsp3) is 0.0588. The first-order valence-corrected chi connectivity index (χ1v) is 7.67. The van der Waals surface area contributed by atoms with Crippen LogP contribution in [0.1, 0.15) is 6.92 Å². The minimum atomic E-state index is 0.872. The van der Waals surface area contributed by atoms with Crippen molar-refractivity contribution in [3.8, 4) is 5.82 Å². The molecule has 0 aliphatic rings. The molecule has 2 heterocycles. The Balaban J connectivity index is 2.24. The molecule has 3 aromatic rings. The van der Waals surface area contributed by atoms with Crippen LogP contribution in [0, 0.1) is 3.57 Å². The third kappa shape index (κ3) is 2.76. The smallest absolute Gasteiger partial charge is 0.137 e. The van der Waals surface area contributed by atoms with Crippen molar-refractivity contribution in [1.82, 2.24) is 9.55 Å². The van der Waals surface area contributed by atoms with Gasteiger partial charge in [-0.25, -0.2) is 4.98 Å². The van der Waals surface area contributed by atoms with E-state index in [1.807, 2.05) is 36.2 Å². The molecule has 0 spiro atoms. The summed E-state index contributed by atoms with van der Waals surface area (Å²) in [5.41, 5.74) is 0. The van der Waals surface area contributed by atoms with Crippen molar-refractivity contribution in [1.29, 1.82) is 0 Å². The average Bonchev–Trinajstić information content (AvgIpc) is 2.85. The van der Waals surface area contributed by atoms with Gasteiger partial charge in [0.1, 0.15) is 5.82 Å². The van der Waals surface area contributed by atoms with Crippen LogP contribution in [0.2, 0.25) is 0 Å². The molecule has 0 unspecified atom stereocenters. The van der Waals surface area contributed by atoms with Crippen LogP contribution >= 0.6 is 22.6 Å². The first-order chi connectivity index (χ1) is 10.2. The Bertz CT molecular complexity index is 938. The summed E-state index contributed by atoms with van der Waals surface area (Å²) in [6.45, 7) is 5.93. The lowest BCUT2D eigenvalue weighted by molar-refractivity contribution is 0.974. The Morgan fingerprint density at radius 2 is 2.10 bits per heavy atom. The SMILES string of the molecule is C=c1ccn(-c2cc3cc(I)ccc3cn2)/c1=C/N=CC. The van der Waals surface area contributed by atoms with E-state index in [2.05, 4.69) is 63.4 Å². The van der Waals surface area contributed by atoms with Gasteiger partial charge in [0.05, 0.1) is 11.5 Å². The molecule has 0 radical (unpaired) electrons. The first-order valence-electron chi connectivity index (χ1n) is 6.59. The standard InChI is InChI=1S/C17H14IN3/c1-3-19-11-16-12(2)6-7-21(16)17-9-14-8-15(18)5-4-13(14)10-20-17/h3-11H,2H2,1H3/b16-11+,19-3?. The Morgan fingerprint density at radius 3 is 2.90 bits per heavy atom. The van der Waals surface area contributed by atoms with Gasteiger partial charge in [0.15, 0.2) is 0 Å². The van der Waals surface area contributed by atoms with Crippen molar-refractivity contribution >= 4 is 52.4 Å². The van der Waals surface area contributed by atoms with Gasteiger partial charge in [-0.05, 0) is 64.4 Å². The Morgan fingerprint density at radius 1 is 1.24 bits per heavy atom. The summed E-state index contributed by atoms with van der Waals surface area (Å²) < 4.78 is 3.22. The van der Waals surface area contributed by atoms with E-state index in [-0.39, 0.29) is 0 Å². The summed E-state index contributed by atoms with van der Waals surface area (Å²) in [6, 6.07) is 10.4. The van der Waals surface area contributed by atoms with Crippen molar-refractivity contribution in [2.45, 2.75) is 6.92 Å². The minimum Gasteiger partial charge on any atom is -0.300 e. The van der Waals surface area contributed by atoms with Crippen molar-refractivity contribution in [3.05, 3.63) is 56.9 Å². The number of halogens is 1. The predicted octanol–water partition coefficient (Wildman–Crippen LogP) is 2.87. The molecular formula is C17H14IN3. The monoisotopic (exact) mass is 387 g/mol. The maximum Gasteiger partial charge on any atom is 0.137 e. The lowest BCUT2D eigenvalue weighted by Gasteiger charge is -2.05. The molecule has 3 nitrogen and oxygen atoms in total. The molecule has 21 heavy (non-hydrogen) atoms. The van der Waals surface area contributed by atoms with E-state index in [0.29, 0.717) is 0 Å². The van der Waals surface area contributed by atoms with Crippen LogP contribution in [0.3, 0.4) is 0 Å². The van der Waals surface area contributed by atoms with Crippen LogP contribution in [-0.4, -0.2) is 15.8 Å². The van der Waals surface area contributed by atoms with Crippen molar-refractivity contribution in [2.24, 2.45) is 4.99 Å². The van der Waals surface area contributed by atoms with Gasteiger partial charge in [-0.2, -0.15) is 0 Å². The number of rotatable bonds is 2. The Hall–Kier alpha value is -1.95. The molecule has 0 atom stereocenters. The van der Waals surface area contributed by atoms with Gasteiger partial charge in [-0.15, -0.1) is 0 Å². The maximum atomic E-state index is 4.55. The molecule has 0 saturated carbocycles. The second-order valence-corrected chi connectivity index (χ2v) is 5.91. The number of fused-ring (bicyclic) bond motifs is 1. The van der Waals surface area contributed by atoms with E-state index in [1.54, 1.807) is 6.21 Å². The van der Waals surface area contributed by atoms with E-state index in [9.17, 15) is 0 Å². The predicted molar refractivity (Wildman–Crippen MR) is 97.2 cm³/mol. The summed E-state index contributed by atoms with van der Waals surface area (Å²) in [5, 5.41) is 4.20. The highest BCUT2D eigenvalue weighted by Gasteiger charge is 2.03. The lowest BCUT2D eigenvalue weighted by atomic mass is 10.2. The molecule has 0 fully saturated rings. The van der Waals surface area contributed by atoms with Crippen LogP contribution in [0.25, 0.3) is 29.4 Å². The highest BCUT2D eigenvalue weighted by molar-refractivity contribution is 14.1. The van der Waals surface area contributed by atoms with Crippen molar-refractivity contribution in [2.75, 3.05) is 0 Å². The molecule has 2 aromatic heterocycles. The van der Waals surface area contributed by atoms with Crippen molar-refractivity contribution < 1.29 is 0 Å². The quantitative estimate of drug-likeness (QED) is 0.491. The van der Waals surface area contributed by atoms with Crippen LogP contribution in [0.15, 0.2) is 47.7 Å². The van der Waals surface area contributed by atoms with E-state index in [4.69, 9.17) is 0 Å². The molecule has 0 aliphatic heterocycles. The highest BCUT2D eigenvalue weighted by Crippen LogP contribution is 2.18. The van der Waals surface area contributed by atoms with Gasteiger partial charge in [-0.3, -0.25) is 9.56 Å². The summed E-state index contributed by atoms with van der Waals surface area (Å²) in [6.07, 6.45) is 7.44. The zero-order valence-electron chi connectivity index (χ0n) is 11.6. The molecule has 0 bridgehead atoms. The highest BCUT2D eigenvalue weighted by atomic mass is 127. The van der Waals surface area contributed by atoms with Crippen LogP contribution < -0.4 is 10.6 Å². The summed E-state index contributed by atoms with van der Waals surface area (Å²) >= 11 is 2.32. The van der Waals surface area contributed by atoms with E-state index < -0.39 is 0 Å². The number of nitrogens with zero attached hydrogens (tertiary/aromatic N) is 3. The summed E-state index contributed by atoms with van der Waals surface area (Å²) in [7, 11) is 0. The van der Waals surface area contributed by atoms with Crippen LogP contribution in [0.5, 0.6) is 0 Å². The Labute approximate surface area is 136 Å². The number of benzene rings is 1. The van der Waals surface area contributed by atoms with E-state index in [1.165, 1.54) is 8.96 Å². The number of aliphatic imine (C=N–C) groups is 1. The largest absolute Gasteiger partial charge is 0.300 e. The van der Waals surface area contributed by atoms with Crippen molar-refractivity contribution in [3.63, 3.8) is 0 Å². The second-order valence-electron chi connectivity index (χ2n) is 4.67. The molecule has 0 amide bonds. The van der Waals surface area contributed by atoms with Gasteiger partial charge in [-0.1, -0.05) is 12.6 Å². The summed E-state index contributed by atoms with van der Waals surface area (Å²) in [4.78, 5) is 8.75. The molecule has 0 saturated heterocycles. The van der Waals surface area contributed by atoms with Gasteiger partial charge in [0.2, 0.25) is 0 Å². The van der Waals surface area contributed by atoms with Gasteiger partial charge in [0.25, 0.3) is 0 Å². The first kappa shape index (κ1) is 14.0. The molecule has 3 rings (SSSR count). The van der Waals surface area contributed by atoms with Gasteiger partial charge >= 0.3 is 0 Å². The second kappa shape index (κ2) is 5.81. The third-order valence-electron chi connectivity index (χ3n) is 3.28. The topological polar surface area (TPSA) is 30.2 Å². The normalized spacial score (nSPS) is 12.6. The number of aromatic nitrogens is 2. The van der Waals surface area contributed by atoms with E-state index in [0.717, 1.165) is 21.8 Å². The van der Waals surface area contributed by atoms with Gasteiger partial charge < -0.3 is 0 Å². The zero-order valence-corrected chi connectivity index (χ0v) is 13.8. The van der Waals surface area contributed by atoms with E-state index >= 15 is 0 Å². The molecule has 1 aromatic carbocycles. The lowest BCUT2D eigenvalue weighted by Crippen LogP contribution is -2.27. The van der Waals surface area contributed by atoms with Crippen LogP contribution in [0.4, 0.5) is 0 Å². The molecule has 104 valence electrons.